The van der Waals surface area contributed by atoms with Gasteiger partial charge in [0.05, 0.1) is 0 Å². The number of rotatable bonds is 3. The van der Waals surface area contributed by atoms with E-state index in [2.05, 4.69) is 31.3 Å². The summed E-state index contributed by atoms with van der Waals surface area (Å²) < 4.78 is 0. The van der Waals surface area contributed by atoms with Crippen LogP contribution in [0.25, 0.3) is 0 Å². The van der Waals surface area contributed by atoms with Crippen LogP contribution in [0.1, 0.15) is 38.2 Å². The Labute approximate surface area is 110 Å². The van der Waals surface area contributed by atoms with Gasteiger partial charge in [-0.15, -0.1) is 0 Å². The van der Waals surface area contributed by atoms with Crippen LogP contribution in [-0.4, -0.2) is 6.04 Å². The minimum absolute atomic E-state index is 0.571. The summed E-state index contributed by atoms with van der Waals surface area (Å²) in [6, 6.07) is 6.84. The minimum atomic E-state index is 0.571. The summed E-state index contributed by atoms with van der Waals surface area (Å²) in [4.78, 5) is 0. The molecule has 2 heteroatoms. The van der Waals surface area contributed by atoms with Gasteiger partial charge in [-0.2, -0.15) is 0 Å². The van der Waals surface area contributed by atoms with Crippen LogP contribution in [0.4, 0.5) is 11.4 Å². The van der Waals surface area contributed by atoms with Crippen LogP contribution in [0, 0.1) is 24.7 Å². The Balaban J connectivity index is 1.68. The largest absolute Gasteiger partial charge is 0.399 e. The van der Waals surface area contributed by atoms with Crippen molar-refractivity contribution in [2.75, 3.05) is 11.1 Å². The molecular weight excluding hydrogens is 220 g/mol. The van der Waals surface area contributed by atoms with E-state index in [1.54, 1.807) is 0 Å². The zero-order chi connectivity index (χ0) is 12.7. The summed E-state index contributed by atoms with van der Waals surface area (Å²) in [5.74, 6) is 2.86. The second-order valence-electron chi connectivity index (χ2n) is 6.40. The van der Waals surface area contributed by atoms with Crippen molar-refractivity contribution in [3.63, 3.8) is 0 Å². The molecule has 2 saturated carbocycles. The second kappa shape index (κ2) is 4.49. The van der Waals surface area contributed by atoms with Crippen molar-refractivity contribution in [2.45, 2.75) is 45.6 Å². The Morgan fingerprint density at radius 1 is 1.22 bits per heavy atom. The van der Waals surface area contributed by atoms with Gasteiger partial charge in [-0.3, -0.25) is 0 Å². The highest BCUT2D eigenvalue weighted by atomic mass is 14.9. The number of hydrogen-bond acceptors (Lipinski definition) is 2. The summed E-state index contributed by atoms with van der Waals surface area (Å²) in [5.41, 5.74) is 9.19. The van der Waals surface area contributed by atoms with Crippen molar-refractivity contribution >= 4 is 11.4 Å². The molecule has 98 valence electrons. The lowest BCUT2D eigenvalue weighted by Gasteiger charge is -2.29. The molecule has 0 aliphatic heterocycles. The van der Waals surface area contributed by atoms with Crippen LogP contribution in [-0.2, 0) is 0 Å². The van der Waals surface area contributed by atoms with E-state index in [0.29, 0.717) is 6.04 Å². The average Bonchev–Trinajstić information content (AvgIpc) is 2.88. The molecule has 0 aromatic heterocycles. The van der Waals surface area contributed by atoms with Gasteiger partial charge in [-0.25, -0.2) is 0 Å². The summed E-state index contributed by atoms with van der Waals surface area (Å²) in [6.07, 6.45) is 5.84. The monoisotopic (exact) mass is 244 g/mol. The highest BCUT2D eigenvalue weighted by Crippen LogP contribution is 2.49. The molecule has 2 fully saturated rings. The van der Waals surface area contributed by atoms with Crippen LogP contribution in [0.3, 0.4) is 0 Å². The van der Waals surface area contributed by atoms with Crippen LogP contribution >= 0.6 is 0 Å². The molecular formula is C16H24N2. The number of fused-ring (bicyclic) bond motifs is 2. The fraction of sp³-hybridized carbons (Fsp3) is 0.625. The molecule has 4 unspecified atom stereocenters. The van der Waals surface area contributed by atoms with Gasteiger partial charge in [-0.05, 0) is 74.6 Å². The Morgan fingerprint density at radius 2 is 2.06 bits per heavy atom. The molecule has 0 heterocycles. The van der Waals surface area contributed by atoms with E-state index in [1.807, 2.05) is 6.07 Å². The zero-order valence-electron chi connectivity index (χ0n) is 11.4. The molecule has 18 heavy (non-hydrogen) atoms. The number of nitrogens with two attached hydrogens (primary N) is 1. The normalized spacial score (nSPS) is 31.6. The van der Waals surface area contributed by atoms with Crippen molar-refractivity contribution in [1.29, 1.82) is 0 Å². The van der Waals surface area contributed by atoms with Gasteiger partial charge >= 0.3 is 0 Å². The van der Waals surface area contributed by atoms with Gasteiger partial charge in [0.1, 0.15) is 0 Å². The molecule has 0 radical (unpaired) electrons. The SMILES string of the molecule is Cc1cc(N)cc(NC(C)C2CC3CCC2C3)c1. The third-order valence-electron chi connectivity index (χ3n) is 4.93. The Bertz CT molecular complexity index is 420. The average molecular weight is 244 g/mol. The predicted molar refractivity (Wildman–Crippen MR) is 77.6 cm³/mol. The lowest BCUT2D eigenvalue weighted by Crippen LogP contribution is -2.29. The van der Waals surface area contributed by atoms with Crippen LogP contribution in [0.5, 0.6) is 0 Å². The van der Waals surface area contributed by atoms with Crippen molar-refractivity contribution in [3.8, 4) is 0 Å². The number of hydrogen-bond donors (Lipinski definition) is 2. The van der Waals surface area contributed by atoms with E-state index in [-0.39, 0.29) is 0 Å². The fourth-order valence-corrected chi connectivity index (χ4v) is 4.17. The Morgan fingerprint density at radius 3 is 2.67 bits per heavy atom. The van der Waals surface area contributed by atoms with Crippen molar-refractivity contribution in [3.05, 3.63) is 23.8 Å². The second-order valence-corrected chi connectivity index (χ2v) is 6.40. The van der Waals surface area contributed by atoms with Crippen LogP contribution in [0.15, 0.2) is 18.2 Å². The minimum Gasteiger partial charge on any atom is -0.399 e. The number of aryl methyl sites for hydroxylation is 1. The van der Waals surface area contributed by atoms with E-state index in [1.165, 1.54) is 36.9 Å². The maximum absolute atomic E-state index is 5.91. The van der Waals surface area contributed by atoms with E-state index in [9.17, 15) is 0 Å². The van der Waals surface area contributed by atoms with E-state index < -0.39 is 0 Å². The number of nitrogen functional groups attached to an aromatic ring is 1. The van der Waals surface area contributed by atoms with Gasteiger partial charge in [-0.1, -0.05) is 6.42 Å². The topological polar surface area (TPSA) is 38.0 Å². The quantitative estimate of drug-likeness (QED) is 0.793. The van der Waals surface area contributed by atoms with Crippen LogP contribution < -0.4 is 11.1 Å². The molecule has 2 bridgehead atoms. The molecule has 3 rings (SSSR count). The van der Waals surface area contributed by atoms with Crippen molar-refractivity contribution in [1.82, 2.24) is 0 Å². The van der Waals surface area contributed by atoms with Crippen LogP contribution in [0.2, 0.25) is 0 Å². The lowest BCUT2D eigenvalue weighted by molar-refractivity contribution is 0.304. The maximum Gasteiger partial charge on any atom is 0.0365 e. The fourth-order valence-electron chi connectivity index (χ4n) is 4.17. The molecule has 4 atom stereocenters. The van der Waals surface area contributed by atoms with Crippen molar-refractivity contribution in [2.24, 2.45) is 17.8 Å². The molecule has 2 aliphatic rings. The third-order valence-corrected chi connectivity index (χ3v) is 4.93. The molecule has 0 spiro atoms. The van der Waals surface area contributed by atoms with Gasteiger partial charge < -0.3 is 11.1 Å². The molecule has 3 N–H and O–H groups in total. The Kier molecular flexibility index (Phi) is 2.96. The van der Waals surface area contributed by atoms with Gasteiger partial charge in [0, 0.05) is 17.4 Å². The van der Waals surface area contributed by atoms with Gasteiger partial charge in [0.25, 0.3) is 0 Å². The van der Waals surface area contributed by atoms with Gasteiger partial charge in [0.15, 0.2) is 0 Å². The first-order chi connectivity index (χ1) is 8.61. The number of nitrogens with one attached hydrogen (secondary N) is 1. The first-order valence-electron chi connectivity index (χ1n) is 7.25. The molecule has 1 aromatic rings. The van der Waals surface area contributed by atoms with Gasteiger partial charge in [0.2, 0.25) is 0 Å². The molecule has 2 aliphatic carbocycles. The number of benzene rings is 1. The summed E-state index contributed by atoms with van der Waals surface area (Å²) in [5, 5.41) is 3.67. The molecule has 0 saturated heterocycles. The maximum atomic E-state index is 5.91. The molecule has 2 nitrogen and oxygen atoms in total. The van der Waals surface area contributed by atoms with E-state index >= 15 is 0 Å². The smallest absolute Gasteiger partial charge is 0.0365 e. The highest BCUT2D eigenvalue weighted by molar-refractivity contribution is 5.57. The summed E-state index contributed by atoms with van der Waals surface area (Å²) >= 11 is 0. The number of anilines is 2. The first kappa shape index (κ1) is 11.9. The summed E-state index contributed by atoms with van der Waals surface area (Å²) in [6.45, 7) is 4.44. The Hall–Kier alpha value is -1.18. The van der Waals surface area contributed by atoms with Crippen molar-refractivity contribution < 1.29 is 0 Å². The third kappa shape index (κ3) is 2.21. The molecule has 0 amide bonds. The van der Waals surface area contributed by atoms with E-state index in [4.69, 9.17) is 5.73 Å². The standard InChI is InChI=1S/C16H24N2/c1-10-5-14(17)9-15(6-10)18-11(2)16-8-12-3-4-13(16)7-12/h5-6,9,11-13,16,18H,3-4,7-8,17H2,1-2H3. The molecule has 1 aromatic carbocycles. The lowest BCUT2D eigenvalue weighted by atomic mass is 9.84. The zero-order valence-corrected chi connectivity index (χ0v) is 11.4. The highest BCUT2D eigenvalue weighted by Gasteiger charge is 2.41. The summed E-state index contributed by atoms with van der Waals surface area (Å²) in [7, 11) is 0. The predicted octanol–water partition coefficient (Wildman–Crippen LogP) is 3.81. The first-order valence-corrected chi connectivity index (χ1v) is 7.25. The van der Waals surface area contributed by atoms with E-state index in [0.717, 1.165) is 23.4 Å².